The molecule has 0 spiro atoms. The Morgan fingerprint density at radius 1 is 1.38 bits per heavy atom. The highest BCUT2D eigenvalue weighted by Crippen LogP contribution is 2.47. The summed E-state index contributed by atoms with van der Waals surface area (Å²) in [7, 11) is 0. The monoisotopic (exact) mass is 323 g/mol. The van der Waals surface area contributed by atoms with Crippen LogP contribution in [0.25, 0.3) is 0 Å². The summed E-state index contributed by atoms with van der Waals surface area (Å²) in [5.41, 5.74) is 1.24. The summed E-state index contributed by atoms with van der Waals surface area (Å²) in [5.74, 6) is 1.91. The fourth-order valence-corrected chi connectivity index (χ4v) is 4.65. The van der Waals surface area contributed by atoms with Gasteiger partial charge < -0.3 is 5.32 Å². The van der Waals surface area contributed by atoms with Crippen LogP contribution in [0.2, 0.25) is 0 Å². The Bertz CT molecular complexity index is 560. The second-order valence-electron chi connectivity index (χ2n) is 5.76. The number of nitrogens with zero attached hydrogens (tertiary/aromatic N) is 2. The number of thioether (sulfide) groups is 2. The third kappa shape index (κ3) is 3.37. The molecule has 1 N–H and O–H groups in total. The highest BCUT2D eigenvalue weighted by atomic mass is 32.2. The van der Waals surface area contributed by atoms with E-state index in [1.54, 1.807) is 11.8 Å². The molecule has 21 heavy (non-hydrogen) atoms. The predicted octanol–water partition coefficient (Wildman–Crippen LogP) is 3.01. The first kappa shape index (κ1) is 15.2. The van der Waals surface area contributed by atoms with Crippen LogP contribution in [0.1, 0.15) is 50.9 Å². The van der Waals surface area contributed by atoms with Gasteiger partial charge in [-0.1, -0.05) is 32.5 Å². The summed E-state index contributed by atoms with van der Waals surface area (Å²) in [6, 6.07) is 0.426. The van der Waals surface area contributed by atoms with E-state index in [1.807, 2.05) is 11.8 Å². The molecular formula is C15H21N3OS2. The van der Waals surface area contributed by atoms with E-state index in [-0.39, 0.29) is 5.91 Å². The Balaban J connectivity index is 1.76. The molecule has 2 aliphatic rings. The van der Waals surface area contributed by atoms with Crippen LogP contribution in [0, 0.1) is 0 Å². The van der Waals surface area contributed by atoms with Crippen LogP contribution in [0.15, 0.2) is 10.1 Å². The van der Waals surface area contributed by atoms with Crippen LogP contribution in [-0.4, -0.2) is 32.9 Å². The Labute approximate surface area is 134 Å². The molecule has 4 nitrogen and oxygen atoms in total. The number of rotatable bonds is 5. The third-order valence-corrected chi connectivity index (χ3v) is 6.28. The van der Waals surface area contributed by atoms with Gasteiger partial charge in [0.2, 0.25) is 5.91 Å². The topological polar surface area (TPSA) is 54.9 Å². The van der Waals surface area contributed by atoms with Crippen LogP contribution >= 0.6 is 23.5 Å². The van der Waals surface area contributed by atoms with Gasteiger partial charge in [-0.2, -0.15) is 0 Å². The maximum Gasteiger partial charge on any atom is 0.230 e. The van der Waals surface area contributed by atoms with Gasteiger partial charge in [-0.15, -0.1) is 11.8 Å². The van der Waals surface area contributed by atoms with Gasteiger partial charge >= 0.3 is 0 Å². The minimum Gasteiger partial charge on any atom is -0.353 e. The van der Waals surface area contributed by atoms with E-state index in [4.69, 9.17) is 0 Å². The number of amides is 1. The van der Waals surface area contributed by atoms with Gasteiger partial charge in [-0.05, 0) is 18.8 Å². The smallest absolute Gasteiger partial charge is 0.230 e. The Hall–Kier alpha value is -0.750. The lowest BCUT2D eigenvalue weighted by Crippen LogP contribution is -2.27. The molecule has 1 amide bonds. The molecule has 0 aromatic carbocycles. The second-order valence-corrected chi connectivity index (χ2v) is 8.09. The van der Waals surface area contributed by atoms with E-state index in [2.05, 4.69) is 36.1 Å². The van der Waals surface area contributed by atoms with E-state index in [1.165, 1.54) is 5.56 Å². The van der Waals surface area contributed by atoms with E-state index in [0.29, 0.717) is 23.0 Å². The SMILES string of the molecule is CCc1nc(SCC(=O)NC2CC2)c2c(n1)S[C@H](C)[C@H]2C. The second kappa shape index (κ2) is 6.16. The average molecular weight is 323 g/mol. The summed E-state index contributed by atoms with van der Waals surface area (Å²) in [6.07, 6.45) is 3.09. The van der Waals surface area contributed by atoms with Crippen molar-refractivity contribution in [2.24, 2.45) is 0 Å². The number of hydrogen-bond donors (Lipinski definition) is 1. The first-order valence-corrected chi connectivity index (χ1v) is 9.44. The first-order chi connectivity index (χ1) is 10.1. The summed E-state index contributed by atoms with van der Waals surface area (Å²) in [4.78, 5) is 21.2. The lowest BCUT2D eigenvalue weighted by atomic mass is 10.0. The van der Waals surface area contributed by atoms with Gasteiger partial charge in [-0.25, -0.2) is 9.97 Å². The van der Waals surface area contributed by atoms with E-state index in [0.717, 1.165) is 35.1 Å². The van der Waals surface area contributed by atoms with Gasteiger partial charge in [0.1, 0.15) is 15.9 Å². The zero-order chi connectivity index (χ0) is 15.0. The van der Waals surface area contributed by atoms with Crippen molar-refractivity contribution in [1.29, 1.82) is 0 Å². The molecular weight excluding hydrogens is 302 g/mol. The van der Waals surface area contributed by atoms with Crippen molar-refractivity contribution < 1.29 is 4.79 Å². The molecule has 6 heteroatoms. The van der Waals surface area contributed by atoms with Gasteiger partial charge in [-0.3, -0.25) is 4.79 Å². The normalized spacial score (nSPS) is 24.0. The fourth-order valence-electron chi connectivity index (χ4n) is 2.36. The van der Waals surface area contributed by atoms with Crippen LogP contribution < -0.4 is 5.32 Å². The van der Waals surface area contributed by atoms with E-state index < -0.39 is 0 Å². The number of aromatic nitrogens is 2. The van der Waals surface area contributed by atoms with Crippen LogP contribution in [-0.2, 0) is 11.2 Å². The number of hydrogen-bond acceptors (Lipinski definition) is 5. The maximum atomic E-state index is 11.9. The Morgan fingerprint density at radius 3 is 2.81 bits per heavy atom. The number of fused-ring (bicyclic) bond motifs is 1. The fraction of sp³-hybridized carbons (Fsp3) is 0.667. The largest absolute Gasteiger partial charge is 0.353 e. The van der Waals surface area contributed by atoms with E-state index in [9.17, 15) is 4.79 Å². The van der Waals surface area contributed by atoms with Crippen molar-refractivity contribution in [2.75, 3.05) is 5.75 Å². The number of carbonyl (C=O) groups is 1. The molecule has 0 radical (unpaired) electrons. The Morgan fingerprint density at radius 2 is 2.14 bits per heavy atom. The summed E-state index contributed by atoms with van der Waals surface area (Å²) in [5, 5.41) is 5.68. The molecule has 1 aromatic heterocycles. The molecule has 1 aliphatic heterocycles. The molecule has 114 valence electrons. The molecule has 2 heterocycles. The lowest BCUT2D eigenvalue weighted by Gasteiger charge is -2.12. The zero-order valence-electron chi connectivity index (χ0n) is 12.7. The summed E-state index contributed by atoms with van der Waals surface area (Å²) in [6.45, 7) is 6.53. The van der Waals surface area contributed by atoms with Gasteiger partial charge in [0.05, 0.1) is 5.75 Å². The highest BCUT2D eigenvalue weighted by molar-refractivity contribution is 8.01. The van der Waals surface area contributed by atoms with Crippen molar-refractivity contribution in [3.05, 3.63) is 11.4 Å². The van der Waals surface area contributed by atoms with Crippen molar-refractivity contribution in [3.8, 4) is 0 Å². The number of nitrogens with one attached hydrogen (secondary N) is 1. The van der Waals surface area contributed by atoms with Gasteiger partial charge in [0.15, 0.2) is 0 Å². The minimum absolute atomic E-state index is 0.124. The van der Waals surface area contributed by atoms with Crippen molar-refractivity contribution >= 4 is 29.4 Å². The van der Waals surface area contributed by atoms with Gasteiger partial charge in [0.25, 0.3) is 0 Å². The molecule has 0 bridgehead atoms. The maximum absolute atomic E-state index is 11.9. The molecule has 0 unspecified atom stereocenters. The molecule has 2 atom stereocenters. The van der Waals surface area contributed by atoms with Crippen LogP contribution in [0.4, 0.5) is 0 Å². The van der Waals surface area contributed by atoms with Crippen LogP contribution in [0.5, 0.6) is 0 Å². The van der Waals surface area contributed by atoms with Gasteiger partial charge in [0, 0.05) is 23.3 Å². The van der Waals surface area contributed by atoms with Crippen LogP contribution in [0.3, 0.4) is 0 Å². The molecule has 0 saturated heterocycles. The average Bonchev–Trinajstić information content (AvgIpc) is 3.22. The standard InChI is InChI=1S/C15H21N3OS2/c1-4-11-17-14(20-7-12(19)16-10-5-6-10)13-8(2)9(3)21-15(13)18-11/h8-10H,4-7H2,1-3H3,(H,16,19)/t8-,9-/m1/s1. The number of carbonyl (C=O) groups excluding carboxylic acids is 1. The molecule has 1 fully saturated rings. The van der Waals surface area contributed by atoms with E-state index >= 15 is 0 Å². The molecule has 1 saturated carbocycles. The quantitative estimate of drug-likeness (QED) is 0.667. The highest BCUT2D eigenvalue weighted by Gasteiger charge is 2.32. The third-order valence-electron chi connectivity index (χ3n) is 3.98. The molecule has 1 aromatic rings. The van der Waals surface area contributed by atoms with Crippen molar-refractivity contribution in [1.82, 2.24) is 15.3 Å². The minimum atomic E-state index is 0.124. The van der Waals surface area contributed by atoms with Crippen molar-refractivity contribution in [3.63, 3.8) is 0 Å². The number of aryl methyl sites for hydroxylation is 1. The summed E-state index contributed by atoms with van der Waals surface area (Å²) < 4.78 is 0. The molecule has 3 rings (SSSR count). The molecule has 1 aliphatic carbocycles. The Kier molecular flexibility index (Phi) is 4.45. The lowest BCUT2D eigenvalue weighted by molar-refractivity contribution is -0.118. The first-order valence-electron chi connectivity index (χ1n) is 7.58. The summed E-state index contributed by atoms with van der Waals surface area (Å²) >= 11 is 3.40. The van der Waals surface area contributed by atoms with Crippen molar-refractivity contribution in [2.45, 2.75) is 67.3 Å². The predicted molar refractivity (Wildman–Crippen MR) is 87.0 cm³/mol. The zero-order valence-corrected chi connectivity index (χ0v) is 14.3.